The second-order valence-corrected chi connectivity index (χ2v) is 9.67. The van der Waals surface area contributed by atoms with Crippen molar-refractivity contribution in [1.82, 2.24) is 15.1 Å². The quantitative estimate of drug-likeness (QED) is 0.465. The summed E-state index contributed by atoms with van der Waals surface area (Å²) in [5.74, 6) is -2.82. The zero-order chi connectivity index (χ0) is 26.1. The number of carbonyl (C=O) groups is 2. The van der Waals surface area contributed by atoms with Crippen molar-refractivity contribution in [3.8, 4) is 0 Å². The summed E-state index contributed by atoms with van der Waals surface area (Å²) in [4.78, 5) is 25.3. The highest BCUT2D eigenvalue weighted by Gasteiger charge is 2.40. The second-order valence-electron chi connectivity index (χ2n) is 9.67. The molecule has 1 amide bonds. The standard InChI is InChI=1S/C25H29F4N3O4/c1-3-19-21-20(11-24(14-30-22(21)33)6-8-35-9-7-24)32(31-19)12-15(2)13-36-23(34)16-4-5-18(26)17(10-16)25(27,28)29/h4-5,10,15H,3,6-9,11-14H2,1-2H3,(H,30,33)/t15-/m1/s1. The van der Waals surface area contributed by atoms with Crippen molar-refractivity contribution in [3.05, 3.63) is 52.1 Å². The molecule has 1 saturated heterocycles. The monoisotopic (exact) mass is 511 g/mol. The third kappa shape index (κ3) is 5.40. The van der Waals surface area contributed by atoms with Crippen LogP contribution in [0.1, 0.15) is 64.4 Å². The van der Waals surface area contributed by atoms with Crippen molar-refractivity contribution in [2.75, 3.05) is 26.4 Å². The molecule has 36 heavy (non-hydrogen) atoms. The number of esters is 1. The Balaban J connectivity index is 1.48. The number of aromatic nitrogens is 2. The maximum absolute atomic E-state index is 13.5. The lowest BCUT2D eigenvalue weighted by molar-refractivity contribution is -0.140. The number of nitrogens with zero attached hydrogens (tertiary/aromatic N) is 2. The predicted molar refractivity (Wildman–Crippen MR) is 121 cm³/mol. The van der Waals surface area contributed by atoms with Gasteiger partial charge in [0, 0.05) is 32.2 Å². The third-order valence-corrected chi connectivity index (χ3v) is 6.90. The minimum atomic E-state index is -4.92. The van der Waals surface area contributed by atoms with Gasteiger partial charge in [-0.1, -0.05) is 13.8 Å². The lowest BCUT2D eigenvalue weighted by atomic mass is 9.76. The van der Waals surface area contributed by atoms with E-state index in [0.717, 1.165) is 24.6 Å². The summed E-state index contributed by atoms with van der Waals surface area (Å²) in [6.07, 6.45) is -2.03. The van der Waals surface area contributed by atoms with Crippen molar-refractivity contribution in [2.24, 2.45) is 11.3 Å². The molecule has 0 saturated carbocycles. The summed E-state index contributed by atoms with van der Waals surface area (Å²) in [5, 5.41) is 7.73. The third-order valence-electron chi connectivity index (χ3n) is 6.90. The van der Waals surface area contributed by atoms with Crippen LogP contribution < -0.4 is 5.32 Å². The Morgan fingerprint density at radius 3 is 2.69 bits per heavy atom. The topological polar surface area (TPSA) is 82.5 Å². The van der Waals surface area contributed by atoms with Crippen LogP contribution in [0.25, 0.3) is 0 Å². The molecule has 1 aromatic carbocycles. The first kappa shape index (κ1) is 26.1. The molecular formula is C25H29F4N3O4. The van der Waals surface area contributed by atoms with E-state index in [1.54, 1.807) is 4.68 Å². The molecule has 0 aliphatic carbocycles. The van der Waals surface area contributed by atoms with Crippen LogP contribution in [0.15, 0.2) is 18.2 Å². The number of fused-ring (bicyclic) bond motifs is 1. The molecule has 0 bridgehead atoms. The number of rotatable bonds is 6. The van der Waals surface area contributed by atoms with Crippen LogP contribution in [0.3, 0.4) is 0 Å². The average Bonchev–Trinajstić information content (AvgIpc) is 3.10. The van der Waals surface area contributed by atoms with Gasteiger partial charge in [-0.15, -0.1) is 0 Å². The lowest BCUT2D eigenvalue weighted by Gasteiger charge is -2.36. The molecule has 4 rings (SSSR count). The molecule has 1 spiro atoms. The van der Waals surface area contributed by atoms with Gasteiger partial charge in [0.15, 0.2) is 0 Å². The van der Waals surface area contributed by atoms with Crippen LogP contribution in [-0.2, 0) is 35.0 Å². The lowest BCUT2D eigenvalue weighted by Crippen LogP contribution is -2.41. The number of hydrogen-bond acceptors (Lipinski definition) is 5. The van der Waals surface area contributed by atoms with Crippen molar-refractivity contribution in [1.29, 1.82) is 0 Å². The number of hydrogen-bond donors (Lipinski definition) is 1. The first-order valence-electron chi connectivity index (χ1n) is 12.0. The van der Waals surface area contributed by atoms with E-state index in [4.69, 9.17) is 9.47 Å². The Labute approximate surface area is 206 Å². The Kier molecular flexibility index (Phi) is 7.40. The molecule has 1 atom stereocenters. The van der Waals surface area contributed by atoms with E-state index in [2.05, 4.69) is 10.4 Å². The van der Waals surface area contributed by atoms with Crippen molar-refractivity contribution in [3.63, 3.8) is 0 Å². The SMILES string of the molecule is CCc1nn(C[C@@H](C)COC(=O)c2ccc(F)c(C(F)(F)F)c2)c2c1C(=O)NCC1(CCOCC1)C2. The Morgan fingerprint density at radius 2 is 2.03 bits per heavy atom. The average molecular weight is 512 g/mol. The smallest absolute Gasteiger partial charge is 0.419 e. The molecule has 2 aliphatic rings. The van der Waals surface area contributed by atoms with Crippen LogP contribution >= 0.6 is 0 Å². The number of carbonyl (C=O) groups excluding carboxylic acids is 2. The van der Waals surface area contributed by atoms with Crippen molar-refractivity contribution in [2.45, 2.75) is 52.3 Å². The van der Waals surface area contributed by atoms with E-state index in [0.29, 0.717) is 62.5 Å². The summed E-state index contributed by atoms with van der Waals surface area (Å²) >= 11 is 0. The van der Waals surface area contributed by atoms with Crippen LogP contribution in [-0.4, -0.2) is 48.0 Å². The second kappa shape index (κ2) is 10.2. The Hall–Kier alpha value is -2.95. The minimum Gasteiger partial charge on any atom is -0.462 e. The highest BCUT2D eigenvalue weighted by Crippen LogP contribution is 2.37. The summed E-state index contributed by atoms with van der Waals surface area (Å²) in [7, 11) is 0. The van der Waals surface area contributed by atoms with E-state index in [1.165, 1.54) is 0 Å². The molecular weight excluding hydrogens is 482 g/mol. The molecule has 11 heteroatoms. The molecule has 1 N–H and O–H groups in total. The zero-order valence-electron chi connectivity index (χ0n) is 20.2. The fraction of sp³-hybridized carbons (Fsp3) is 0.560. The van der Waals surface area contributed by atoms with Gasteiger partial charge < -0.3 is 14.8 Å². The van der Waals surface area contributed by atoms with Gasteiger partial charge >= 0.3 is 12.1 Å². The first-order valence-corrected chi connectivity index (χ1v) is 12.0. The molecule has 7 nitrogen and oxygen atoms in total. The fourth-order valence-electron chi connectivity index (χ4n) is 4.84. The number of ether oxygens (including phenoxy) is 2. The largest absolute Gasteiger partial charge is 0.462 e. The molecule has 196 valence electrons. The number of halogens is 4. The molecule has 0 radical (unpaired) electrons. The summed E-state index contributed by atoms with van der Waals surface area (Å²) in [5.41, 5.74) is 0.122. The highest BCUT2D eigenvalue weighted by molar-refractivity contribution is 5.97. The van der Waals surface area contributed by atoms with E-state index >= 15 is 0 Å². The molecule has 1 fully saturated rings. The molecule has 1 aromatic heterocycles. The molecule has 2 aromatic rings. The summed E-state index contributed by atoms with van der Waals surface area (Å²) < 4.78 is 65.0. The van der Waals surface area contributed by atoms with Crippen LogP contribution in [0.5, 0.6) is 0 Å². The van der Waals surface area contributed by atoms with Crippen LogP contribution in [0, 0.1) is 17.2 Å². The van der Waals surface area contributed by atoms with E-state index in [1.807, 2.05) is 13.8 Å². The van der Waals surface area contributed by atoms with E-state index < -0.39 is 23.5 Å². The molecule has 2 aliphatic heterocycles. The number of amides is 1. The maximum atomic E-state index is 13.5. The Morgan fingerprint density at radius 1 is 1.31 bits per heavy atom. The van der Waals surface area contributed by atoms with Gasteiger partial charge in [0.1, 0.15) is 5.82 Å². The van der Waals surface area contributed by atoms with Crippen LogP contribution in [0.2, 0.25) is 0 Å². The van der Waals surface area contributed by atoms with Gasteiger partial charge in [-0.25, -0.2) is 9.18 Å². The van der Waals surface area contributed by atoms with E-state index in [-0.39, 0.29) is 29.4 Å². The van der Waals surface area contributed by atoms with Gasteiger partial charge in [-0.2, -0.15) is 18.3 Å². The summed E-state index contributed by atoms with van der Waals surface area (Å²) in [6, 6.07) is 2.02. The molecule has 0 unspecified atom stereocenters. The first-order chi connectivity index (χ1) is 17.0. The van der Waals surface area contributed by atoms with Crippen molar-refractivity contribution < 1.29 is 36.6 Å². The minimum absolute atomic E-state index is 0.0845. The Bertz CT molecular complexity index is 1140. The normalized spacial score (nSPS) is 18.3. The van der Waals surface area contributed by atoms with Crippen LogP contribution in [0.4, 0.5) is 17.6 Å². The summed E-state index contributed by atoms with van der Waals surface area (Å²) in [6.45, 7) is 5.85. The van der Waals surface area contributed by atoms with E-state index in [9.17, 15) is 27.2 Å². The zero-order valence-corrected chi connectivity index (χ0v) is 20.2. The number of aryl methyl sites for hydroxylation is 1. The van der Waals surface area contributed by atoms with Gasteiger partial charge in [-0.05, 0) is 49.3 Å². The maximum Gasteiger partial charge on any atom is 0.419 e. The van der Waals surface area contributed by atoms with Gasteiger partial charge in [0.25, 0.3) is 5.91 Å². The predicted octanol–water partition coefficient (Wildman–Crippen LogP) is 4.18. The number of alkyl halides is 3. The molecule has 3 heterocycles. The van der Waals surface area contributed by atoms with Gasteiger partial charge in [0.2, 0.25) is 0 Å². The number of nitrogens with one attached hydrogen (secondary N) is 1. The fourth-order valence-corrected chi connectivity index (χ4v) is 4.84. The van der Waals surface area contributed by atoms with Crippen molar-refractivity contribution >= 4 is 11.9 Å². The van der Waals surface area contributed by atoms with Gasteiger partial charge in [0.05, 0.1) is 34.7 Å². The highest BCUT2D eigenvalue weighted by atomic mass is 19.4. The van der Waals surface area contributed by atoms with Gasteiger partial charge in [-0.3, -0.25) is 9.48 Å². The number of benzene rings is 1.